The molecule has 1 aliphatic carbocycles. The molecule has 0 amide bonds. The van der Waals surface area contributed by atoms with Crippen LogP contribution in [0.2, 0.25) is 0 Å². The summed E-state index contributed by atoms with van der Waals surface area (Å²) in [4.78, 5) is 8.42. The van der Waals surface area contributed by atoms with Crippen LogP contribution in [0.25, 0.3) is 0 Å². The Labute approximate surface area is 131 Å². The molecule has 0 unspecified atom stereocenters. The topological polar surface area (TPSA) is 28.2 Å². The zero-order valence-electron chi connectivity index (χ0n) is 13.0. The van der Waals surface area contributed by atoms with E-state index in [1.807, 2.05) is 11.3 Å². The first-order valence-corrected chi connectivity index (χ1v) is 8.51. The van der Waals surface area contributed by atoms with Crippen LogP contribution in [-0.4, -0.2) is 18.1 Å². The van der Waals surface area contributed by atoms with Gasteiger partial charge in [0.05, 0.1) is 5.69 Å². The zero-order valence-corrected chi connectivity index (χ0v) is 13.8. The molecule has 1 N–H and O–H groups in total. The molecule has 1 fully saturated rings. The van der Waals surface area contributed by atoms with Gasteiger partial charge < -0.3 is 10.2 Å². The summed E-state index contributed by atoms with van der Waals surface area (Å²) in [5, 5.41) is 4.69. The molecule has 112 valence electrons. The lowest BCUT2D eigenvalue weighted by Gasteiger charge is -2.16. The van der Waals surface area contributed by atoms with E-state index in [2.05, 4.69) is 55.4 Å². The van der Waals surface area contributed by atoms with Crippen LogP contribution in [0.5, 0.6) is 0 Å². The van der Waals surface area contributed by atoms with Crippen LogP contribution >= 0.6 is 11.3 Å². The maximum atomic E-state index is 4.84. The first-order chi connectivity index (χ1) is 10.2. The number of aromatic nitrogens is 1. The summed E-state index contributed by atoms with van der Waals surface area (Å²) < 4.78 is 0. The number of benzene rings is 1. The summed E-state index contributed by atoms with van der Waals surface area (Å²) in [6.45, 7) is 5.28. The molecule has 4 heteroatoms. The fourth-order valence-electron chi connectivity index (χ4n) is 2.40. The van der Waals surface area contributed by atoms with Crippen molar-refractivity contribution in [2.75, 3.05) is 11.9 Å². The second-order valence-electron chi connectivity index (χ2n) is 5.77. The SMILES string of the molecule is CCc1nc(N(C)c2cccc(C)c2)sc1CNC1CC1. The van der Waals surface area contributed by atoms with Crippen molar-refractivity contribution < 1.29 is 0 Å². The van der Waals surface area contributed by atoms with Crippen molar-refractivity contribution in [1.29, 1.82) is 0 Å². The standard InChI is InChI=1S/C17H23N3S/c1-4-15-16(11-18-13-8-9-13)21-17(19-15)20(3)14-7-5-6-12(2)10-14/h5-7,10,13,18H,4,8-9,11H2,1-3H3. The minimum absolute atomic E-state index is 0.745. The Hall–Kier alpha value is -1.39. The Bertz CT molecular complexity index is 616. The highest BCUT2D eigenvalue weighted by molar-refractivity contribution is 7.15. The molecule has 1 aromatic heterocycles. The van der Waals surface area contributed by atoms with Crippen LogP contribution in [0.15, 0.2) is 24.3 Å². The van der Waals surface area contributed by atoms with Crippen molar-refractivity contribution in [3.63, 3.8) is 0 Å². The van der Waals surface area contributed by atoms with Crippen LogP contribution in [0.3, 0.4) is 0 Å². The van der Waals surface area contributed by atoms with E-state index in [0.29, 0.717) is 0 Å². The van der Waals surface area contributed by atoms with Gasteiger partial charge in [-0.3, -0.25) is 0 Å². The molecule has 21 heavy (non-hydrogen) atoms. The van der Waals surface area contributed by atoms with Crippen LogP contribution in [0.4, 0.5) is 10.8 Å². The molecular formula is C17H23N3S. The quantitative estimate of drug-likeness (QED) is 0.873. The van der Waals surface area contributed by atoms with Crippen LogP contribution < -0.4 is 10.2 Å². The van der Waals surface area contributed by atoms with Gasteiger partial charge in [-0.2, -0.15) is 0 Å². The van der Waals surface area contributed by atoms with Gasteiger partial charge in [-0.1, -0.05) is 30.4 Å². The van der Waals surface area contributed by atoms with Crippen LogP contribution in [-0.2, 0) is 13.0 Å². The van der Waals surface area contributed by atoms with Gasteiger partial charge in [0.15, 0.2) is 5.13 Å². The molecule has 1 aliphatic rings. The number of nitrogens with zero attached hydrogens (tertiary/aromatic N) is 2. The van der Waals surface area contributed by atoms with Crippen LogP contribution in [0, 0.1) is 6.92 Å². The average Bonchev–Trinajstić information content (AvgIpc) is 3.23. The minimum atomic E-state index is 0.745. The highest BCUT2D eigenvalue weighted by atomic mass is 32.1. The largest absolute Gasteiger partial charge is 0.321 e. The molecule has 1 saturated carbocycles. The average molecular weight is 301 g/mol. The fraction of sp³-hybridized carbons (Fsp3) is 0.471. The molecule has 1 heterocycles. The fourth-order valence-corrected chi connectivity index (χ4v) is 3.48. The van der Waals surface area contributed by atoms with E-state index in [9.17, 15) is 0 Å². The van der Waals surface area contributed by atoms with E-state index < -0.39 is 0 Å². The first-order valence-electron chi connectivity index (χ1n) is 7.69. The van der Waals surface area contributed by atoms with Gasteiger partial charge in [0, 0.05) is 30.2 Å². The Morgan fingerprint density at radius 1 is 1.38 bits per heavy atom. The lowest BCUT2D eigenvalue weighted by Crippen LogP contribution is -2.15. The van der Waals surface area contributed by atoms with Crippen molar-refractivity contribution in [3.8, 4) is 0 Å². The predicted octanol–water partition coefficient (Wildman–Crippen LogP) is 4.03. The highest BCUT2D eigenvalue weighted by Gasteiger charge is 2.22. The maximum Gasteiger partial charge on any atom is 0.190 e. The third-order valence-electron chi connectivity index (χ3n) is 3.91. The Kier molecular flexibility index (Phi) is 4.27. The van der Waals surface area contributed by atoms with E-state index in [1.165, 1.54) is 34.7 Å². The molecule has 3 rings (SSSR count). The van der Waals surface area contributed by atoms with E-state index in [0.717, 1.165) is 24.1 Å². The molecule has 0 aliphatic heterocycles. The zero-order chi connectivity index (χ0) is 14.8. The lowest BCUT2D eigenvalue weighted by atomic mass is 10.2. The lowest BCUT2D eigenvalue weighted by molar-refractivity contribution is 0.689. The first kappa shape index (κ1) is 14.5. The summed E-state index contributed by atoms with van der Waals surface area (Å²) in [7, 11) is 2.10. The Morgan fingerprint density at radius 3 is 2.86 bits per heavy atom. The third-order valence-corrected chi connectivity index (χ3v) is 5.08. The summed E-state index contributed by atoms with van der Waals surface area (Å²) >= 11 is 1.81. The maximum absolute atomic E-state index is 4.84. The number of hydrogen-bond donors (Lipinski definition) is 1. The summed E-state index contributed by atoms with van der Waals surface area (Å²) in [6.07, 6.45) is 3.66. The van der Waals surface area contributed by atoms with Crippen molar-refractivity contribution in [2.45, 2.75) is 45.7 Å². The normalized spacial score (nSPS) is 14.4. The molecule has 2 aromatic rings. The number of thiazole rings is 1. The van der Waals surface area contributed by atoms with Crippen molar-refractivity contribution in [3.05, 3.63) is 40.4 Å². The van der Waals surface area contributed by atoms with E-state index in [1.54, 1.807) is 0 Å². The van der Waals surface area contributed by atoms with Gasteiger partial charge in [-0.15, -0.1) is 0 Å². The van der Waals surface area contributed by atoms with Crippen LogP contribution in [0.1, 0.15) is 35.9 Å². The Balaban J connectivity index is 1.80. The van der Waals surface area contributed by atoms with E-state index in [-0.39, 0.29) is 0 Å². The van der Waals surface area contributed by atoms with Gasteiger partial charge in [0.2, 0.25) is 0 Å². The number of anilines is 2. The minimum Gasteiger partial charge on any atom is -0.321 e. The molecule has 3 nitrogen and oxygen atoms in total. The van der Waals surface area contributed by atoms with Crippen molar-refractivity contribution in [2.24, 2.45) is 0 Å². The van der Waals surface area contributed by atoms with Gasteiger partial charge in [0.25, 0.3) is 0 Å². The van der Waals surface area contributed by atoms with Gasteiger partial charge in [-0.25, -0.2) is 4.98 Å². The molecule has 1 aromatic carbocycles. The second-order valence-corrected chi connectivity index (χ2v) is 6.84. The number of aryl methyl sites for hydroxylation is 2. The summed E-state index contributed by atoms with van der Waals surface area (Å²) in [6, 6.07) is 9.32. The molecular weight excluding hydrogens is 278 g/mol. The summed E-state index contributed by atoms with van der Waals surface area (Å²) in [5.41, 5.74) is 3.72. The summed E-state index contributed by atoms with van der Waals surface area (Å²) in [5.74, 6) is 0. The number of rotatable bonds is 6. The molecule has 0 bridgehead atoms. The number of nitrogens with one attached hydrogen (secondary N) is 1. The molecule has 0 saturated heterocycles. The molecule has 0 spiro atoms. The van der Waals surface area contributed by atoms with Gasteiger partial charge in [-0.05, 0) is 43.9 Å². The monoisotopic (exact) mass is 301 g/mol. The van der Waals surface area contributed by atoms with Gasteiger partial charge >= 0.3 is 0 Å². The smallest absolute Gasteiger partial charge is 0.190 e. The number of hydrogen-bond acceptors (Lipinski definition) is 4. The Morgan fingerprint density at radius 2 is 2.19 bits per heavy atom. The second kappa shape index (κ2) is 6.16. The van der Waals surface area contributed by atoms with Crippen molar-refractivity contribution in [1.82, 2.24) is 10.3 Å². The molecule has 0 radical (unpaired) electrons. The highest BCUT2D eigenvalue weighted by Crippen LogP contribution is 2.32. The third kappa shape index (κ3) is 3.44. The van der Waals surface area contributed by atoms with E-state index in [4.69, 9.17) is 4.98 Å². The van der Waals surface area contributed by atoms with Crippen molar-refractivity contribution >= 4 is 22.2 Å². The predicted molar refractivity (Wildman–Crippen MR) is 90.6 cm³/mol. The van der Waals surface area contributed by atoms with Gasteiger partial charge in [0.1, 0.15) is 0 Å². The van der Waals surface area contributed by atoms with E-state index >= 15 is 0 Å². The molecule has 0 atom stereocenters.